The molecule has 2 rings (SSSR count). The first-order valence-corrected chi connectivity index (χ1v) is 6.38. The number of anilines is 1. The van der Waals surface area contributed by atoms with Crippen LogP contribution in [0.5, 0.6) is 0 Å². The van der Waals surface area contributed by atoms with Crippen LogP contribution in [0.2, 0.25) is 5.15 Å². The number of carbonyl (C=O) groups excluding carboxylic acids is 2. The molecule has 0 saturated carbocycles. The molecule has 0 atom stereocenters. The predicted molar refractivity (Wildman–Crippen MR) is 77.5 cm³/mol. The quantitative estimate of drug-likeness (QED) is 0.881. The minimum atomic E-state index is -0.431. The summed E-state index contributed by atoms with van der Waals surface area (Å²) in [6.07, 6.45) is 0. The lowest BCUT2D eigenvalue weighted by Crippen LogP contribution is -2.15. The Morgan fingerprint density at radius 1 is 1.19 bits per heavy atom. The summed E-state index contributed by atoms with van der Waals surface area (Å²) in [6, 6.07) is 7.79. The van der Waals surface area contributed by atoms with Gasteiger partial charge in [0.2, 0.25) is 0 Å². The molecule has 21 heavy (non-hydrogen) atoms. The molecule has 1 N–H and O–H groups in total. The molecule has 0 radical (unpaired) electrons. The van der Waals surface area contributed by atoms with Crippen molar-refractivity contribution in [2.75, 3.05) is 12.4 Å². The Morgan fingerprint density at radius 2 is 1.95 bits per heavy atom. The van der Waals surface area contributed by atoms with Gasteiger partial charge in [0.1, 0.15) is 0 Å². The number of benzene rings is 1. The molecule has 0 saturated heterocycles. The molecule has 0 aliphatic heterocycles. The Balaban J connectivity index is 2.18. The van der Waals surface area contributed by atoms with Gasteiger partial charge in [0.25, 0.3) is 5.91 Å². The van der Waals surface area contributed by atoms with E-state index in [4.69, 9.17) is 11.6 Å². The Morgan fingerprint density at radius 3 is 2.52 bits per heavy atom. The van der Waals surface area contributed by atoms with E-state index in [1.807, 2.05) is 0 Å². The van der Waals surface area contributed by atoms with E-state index < -0.39 is 11.9 Å². The van der Waals surface area contributed by atoms with Crippen molar-refractivity contribution in [2.24, 2.45) is 0 Å². The van der Waals surface area contributed by atoms with E-state index in [1.54, 1.807) is 25.1 Å². The monoisotopic (exact) mass is 305 g/mol. The molecule has 2 aromatic rings. The zero-order chi connectivity index (χ0) is 15.4. The molecule has 1 heterocycles. The van der Waals surface area contributed by atoms with E-state index in [9.17, 15) is 9.59 Å². The van der Waals surface area contributed by atoms with Crippen molar-refractivity contribution in [2.45, 2.75) is 6.92 Å². The summed E-state index contributed by atoms with van der Waals surface area (Å²) in [5.74, 6) is -0.840. The normalized spacial score (nSPS) is 10.0. The summed E-state index contributed by atoms with van der Waals surface area (Å²) in [5.41, 5.74) is 1.87. The fraction of sp³-hybridized carbons (Fsp3) is 0.143. The summed E-state index contributed by atoms with van der Waals surface area (Å²) in [6.45, 7) is 1.77. The standard InChI is InChI=1S/C14H12ClN3O3/c1-8-7-9(14(20)21-2)3-4-10(8)16-13(19)11-5-6-12(15)18-17-11/h3-7H,1-2H3,(H,16,19). The van der Waals surface area contributed by atoms with Crippen molar-refractivity contribution in [1.29, 1.82) is 0 Å². The summed E-state index contributed by atoms with van der Waals surface area (Å²) < 4.78 is 4.64. The maximum Gasteiger partial charge on any atom is 0.337 e. The number of hydrogen-bond acceptors (Lipinski definition) is 5. The lowest BCUT2D eigenvalue weighted by Gasteiger charge is -2.09. The van der Waals surface area contributed by atoms with Gasteiger partial charge >= 0.3 is 5.97 Å². The van der Waals surface area contributed by atoms with Crippen LogP contribution in [0.4, 0.5) is 5.69 Å². The number of amides is 1. The number of carbonyl (C=O) groups is 2. The zero-order valence-electron chi connectivity index (χ0n) is 11.4. The molecule has 7 heteroatoms. The van der Waals surface area contributed by atoms with Gasteiger partial charge < -0.3 is 10.1 Å². The minimum absolute atomic E-state index is 0.149. The fourth-order valence-corrected chi connectivity index (χ4v) is 1.77. The van der Waals surface area contributed by atoms with E-state index in [0.29, 0.717) is 11.3 Å². The van der Waals surface area contributed by atoms with Crippen molar-refractivity contribution < 1.29 is 14.3 Å². The number of halogens is 1. The number of aryl methyl sites for hydroxylation is 1. The second-order valence-electron chi connectivity index (χ2n) is 4.22. The first-order valence-electron chi connectivity index (χ1n) is 6.01. The Bertz CT molecular complexity index is 686. The van der Waals surface area contributed by atoms with Crippen molar-refractivity contribution in [3.05, 3.63) is 52.3 Å². The van der Waals surface area contributed by atoms with Crippen molar-refractivity contribution >= 4 is 29.2 Å². The van der Waals surface area contributed by atoms with Gasteiger partial charge in [-0.2, -0.15) is 0 Å². The van der Waals surface area contributed by atoms with Gasteiger partial charge in [-0.1, -0.05) is 11.6 Å². The van der Waals surface area contributed by atoms with Gasteiger partial charge in [-0.15, -0.1) is 10.2 Å². The molecule has 1 aromatic carbocycles. The van der Waals surface area contributed by atoms with Crippen LogP contribution in [0.1, 0.15) is 26.4 Å². The summed E-state index contributed by atoms with van der Waals surface area (Å²) >= 11 is 5.61. The largest absolute Gasteiger partial charge is 0.465 e. The smallest absolute Gasteiger partial charge is 0.337 e. The van der Waals surface area contributed by atoms with Gasteiger partial charge in [-0.05, 0) is 42.8 Å². The average molecular weight is 306 g/mol. The van der Waals surface area contributed by atoms with Crippen LogP contribution in [0.3, 0.4) is 0 Å². The molecule has 0 unspecified atom stereocenters. The zero-order valence-corrected chi connectivity index (χ0v) is 12.1. The van der Waals surface area contributed by atoms with Gasteiger partial charge in [-0.3, -0.25) is 4.79 Å². The second kappa shape index (κ2) is 6.32. The number of hydrogen-bond donors (Lipinski definition) is 1. The third-order valence-electron chi connectivity index (χ3n) is 2.76. The highest BCUT2D eigenvalue weighted by molar-refractivity contribution is 6.29. The summed E-state index contributed by atoms with van der Waals surface area (Å²) in [7, 11) is 1.31. The Kier molecular flexibility index (Phi) is 4.49. The van der Waals surface area contributed by atoms with E-state index >= 15 is 0 Å². The van der Waals surface area contributed by atoms with Gasteiger partial charge in [-0.25, -0.2) is 4.79 Å². The third-order valence-corrected chi connectivity index (χ3v) is 2.96. The molecule has 1 amide bonds. The van der Waals surface area contributed by atoms with Crippen LogP contribution >= 0.6 is 11.6 Å². The fourth-order valence-electron chi connectivity index (χ4n) is 1.67. The average Bonchev–Trinajstić information content (AvgIpc) is 2.49. The van der Waals surface area contributed by atoms with E-state index in [2.05, 4.69) is 20.3 Å². The maximum absolute atomic E-state index is 12.0. The highest BCUT2D eigenvalue weighted by atomic mass is 35.5. The molecule has 0 fully saturated rings. The number of ether oxygens (including phenoxy) is 1. The van der Waals surface area contributed by atoms with Crippen LogP contribution in [0, 0.1) is 6.92 Å². The third kappa shape index (κ3) is 3.55. The molecule has 6 nitrogen and oxygen atoms in total. The van der Waals surface area contributed by atoms with Crippen LogP contribution in [-0.2, 0) is 4.74 Å². The number of esters is 1. The van der Waals surface area contributed by atoms with Crippen molar-refractivity contribution in [1.82, 2.24) is 10.2 Å². The Labute approximate surface area is 126 Å². The molecule has 0 aliphatic carbocycles. The van der Waals surface area contributed by atoms with Crippen LogP contribution in [0.25, 0.3) is 0 Å². The SMILES string of the molecule is COC(=O)c1ccc(NC(=O)c2ccc(Cl)nn2)c(C)c1. The van der Waals surface area contributed by atoms with Gasteiger partial charge in [0, 0.05) is 5.69 Å². The topological polar surface area (TPSA) is 81.2 Å². The second-order valence-corrected chi connectivity index (χ2v) is 4.60. The number of nitrogens with one attached hydrogen (secondary N) is 1. The van der Waals surface area contributed by atoms with Crippen LogP contribution in [-0.4, -0.2) is 29.2 Å². The molecule has 1 aromatic heterocycles. The first kappa shape index (κ1) is 14.9. The molecular formula is C14H12ClN3O3. The minimum Gasteiger partial charge on any atom is -0.465 e. The van der Waals surface area contributed by atoms with E-state index in [-0.39, 0.29) is 10.8 Å². The van der Waals surface area contributed by atoms with Gasteiger partial charge in [0.05, 0.1) is 12.7 Å². The highest BCUT2D eigenvalue weighted by Crippen LogP contribution is 2.18. The lowest BCUT2D eigenvalue weighted by molar-refractivity contribution is 0.0600. The number of aromatic nitrogens is 2. The Hall–Kier alpha value is -2.47. The predicted octanol–water partition coefficient (Wildman–Crippen LogP) is 2.48. The molecular weight excluding hydrogens is 294 g/mol. The van der Waals surface area contributed by atoms with Crippen molar-refractivity contribution in [3.8, 4) is 0 Å². The molecule has 0 aliphatic rings. The van der Waals surface area contributed by atoms with Crippen molar-refractivity contribution in [3.63, 3.8) is 0 Å². The van der Waals surface area contributed by atoms with E-state index in [0.717, 1.165) is 5.56 Å². The molecule has 0 bridgehead atoms. The van der Waals surface area contributed by atoms with Crippen LogP contribution < -0.4 is 5.32 Å². The summed E-state index contributed by atoms with van der Waals surface area (Å²) in [4.78, 5) is 23.4. The lowest BCUT2D eigenvalue weighted by atomic mass is 10.1. The highest BCUT2D eigenvalue weighted by Gasteiger charge is 2.12. The molecule has 108 valence electrons. The maximum atomic E-state index is 12.0. The van der Waals surface area contributed by atoms with E-state index in [1.165, 1.54) is 19.2 Å². The number of methoxy groups -OCH3 is 1. The first-order chi connectivity index (χ1) is 10.0. The summed E-state index contributed by atoms with van der Waals surface area (Å²) in [5, 5.41) is 10.2. The molecule has 0 spiro atoms. The van der Waals surface area contributed by atoms with Gasteiger partial charge in [0.15, 0.2) is 10.8 Å². The number of rotatable bonds is 3. The van der Waals surface area contributed by atoms with Crippen LogP contribution in [0.15, 0.2) is 30.3 Å². The number of nitrogens with zero attached hydrogens (tertiary/aromatic N) is 2.